The lowest BCUT2D eigenvalue weighted by Crippen LogP contribution is -2.36. The van der Waals surface area contributed by atoms with Crippen LogP contribution in [0.1, 0.15) is 27.9 Å². The molecule has 0 unspecified atom stereocenters. The van der Waals surface area contributed by atoms with Gasteiger partial charge in [-0.05, 0) is 30.8 Å². The number of amides is 1. The second-order valence-corrected chi connectivity index (χ2v) is 7.69. The van der Waals surface area contributed by atoms with Gasteiger partial charge >= 0.3 is 0 Å². The van der Waals surface area contributed by atoms with Crippen LogP contribution in [0.15, 0.2) is 24.3 Å². The van der Waals surface area contributed by atoms with E-state index in [9.17, 15) is 4.79 Å². The van der Waals surface area contributed by atoms with E-state index in [1.165, 1.54) is 4.88 Å². The molecular formula is C19H24N4O2S. The standard InChI is InChI=1S/C19H24N4O2S/c1-2-22-8-7-16-17(13-22)26-19(20-16)21-18(24)14-3-5-15(6-4-14)23-9-11-25-12-10-23/h3-6H,2,7-13H2,1H3,(H,20,21,24). The molecule has 1 aromatic carbocycles. The molecule has 4 rings (SSSR count). The maximum absolute atomic E-state index is 12.5. The van der Waals surface area contributed by atoms with Gasteiger partial charge in [-0.3, -0.25) is 15.0 Å². The minimum Gasteiger partial charge on any atom is -0.378 e. The average molecular weight is 372 g/mol. The van der Waals surface area contributed by atoms with Crippen LogP contribution >= 0.6 is 11.3 Å². The third kappa shape index (κ3) is 3.75. The van der Waals surface area contributed by atoms with Crippen molar-refractivity contribution < 1.29 is 9.53 Å². The highest BCUT2D eigenvalue weighted by atomic mass is 32.1. The predicted octanol–water partition coefficient (Wildman–Crippen LogP) is 2.61. The van der Waals surface area contributed by atoms with Crippen molar-refractivity contribution in [2.24, 2.45) is 0 Å². The van der Waals surface area contributed by atoms with Crippen molar-refractivity contribution in [1.29, 1.82) is 0 Å². The Labute approximate surface area is 157 Å². The summed E-state index contributed by atoms with van der Waals surface area (Å²) < 4.78 is 5.38. The third-order valence-electron chi connectivity index (χ3n) is 4.98. The fraction of sp³-hybridized carbons (Fsp3) is 0.474. The van der Waals surface area contributed by atoms with Gasteiger partial charge in [0.15, 0.2) is 5.13 Å². The monoisotopic (exact) mass is 372 g/mol. The average Bonchev–Trinajstić information content (AvgIpc) is 3.10. The Morgan fingerprint density at radius 3 is 2.73 bits per heavy atom. The molecule has 1 fully saturated rings. The molecule has 2 aliphatic heterocycles. The number of rotatable bonds is 4. The van der Waals surface area contributed by atoms with Crippen molar-refractivity contribution in [2.45, 2.75) is 19.9 Å². The van der Waals surface area contributed by atoms with Crippen LogP contribution < -0.4 is 10.2 Å². The molecular weight excluding hydrogens is 348 g/mol. The van der Waals surface area contributed by atoms with E-state index in [0.29, 0.717) is 10.7 Å². The Morgan fingerprint density at radius 2 is 2.00 bits per heavy atom. The van der Waals surface area contributed by atoms with Gasteiger partial charge in [-0.2, -0.15) is 0 Å². The SMILES string of the molecule is CCN1CCc2nc(NC(=O)c3ccc(N4CCOCC4)cc3)sc2C1. The van der Waals surface area contributed by atoms with Crippen LogP contribution in [0.4, 0.5) is 10.8 Å². The van der Waals surface area contributed by atoms with Crippen molar-refractivity contribution in [3.05, 3.63) is 40.4 Å². The number of likely N-dealkylation sites (N-methyl/N-ethyl adjacent to an activating group) is 1. The summed E-state index contributed by atoms with van der Waals surface area (Å²) in [5, 5.41) is 3.67. The molecule has 1 aromatic heterocycles. The Balaban J connectivity index is 1.41. The Bertz CT molecular complexity index is 768. The zero-order valence-corrected chi connectivity index (χ0v) is 15.8. The van der Waals surface area contributed by atoms with E-state index >= 15 is 0 Å². The molecule has 2 aromatic rings. The smallest absolute Gasteiger partial charge is 0.257 e. The minimum atomic E-state index is -0.100. The molecule has 3 heterocycles. The first-order chi connectivity index (χ1) is 12.7. The predicted molar refractivity (Wildman–Crippen MR) is 104 cm³/mol. The largest absolute Gasteiger partial charge is 0.378 e. The van der Waals surface area contributed by atoms with Crippen LogP contribution in [0.3, 0.4) is 0 Å². The highest BCUT2D eigenvalue weighted by molar-refractivity contribution is 7.15. The first kappa shape index (κ1) is 17.5. The first-order valence-electron chi connectivity index (χ1n) is 9.18. The van der Waals surface area contributed by atoms with E-state index in [-0.39, 0.29) is 5.91 Å². The number of nitrogens with one attached hydrogen (secondary N) is 1. The molecule has 26 heavy (non-hydrogen) atoms. The topological polar surface area (TPSA) is 57.7 Å². The van der Waals surface area contributed by atoms with Crippen LogP contribution in [0, 0.1) is 0 Å². The summed E-state index contributed by atoms with van der Waals surface area (Å²) in [5.74, 6) is -0.100. The number of benzene rings is 1. The quantitative estimate of drug-likeness (QED) is 0.894. The number of anilines is 2. The number of hydrogen-bond donors (Lipinski definition) is 1. The molecule has 0 saturated carbocycles. The lowest BCUT2D eigenvalue weighted by Gasteiger charge is -2.28. The molecule has 1 saturated heterocycles. The molecule has 1 N–H and O–H groups in total. The van der Waals surface area contributed by atoms with Crippen molar-refractivity contribution in [3.8, 4) is 0 Å². The van der Waals surface area contributed by atoms with Gasteiger partial charge in [0, 0.05) is 48.7 Å². The molecule has 2 aliphatic rings. The van der Waals surface area contributed by atoms with Crippen molar-refractivity contribution in [1.82, 2.24) is 9.88 Å². The molecule has 1 amide bonds. The molecule has 0 spiro atoms. The van der Waals surface area contributed by atoms with Gasteiger partial charge in [-0.15, -0.1) is 11.3 Å². The van der Waals surface area contributed by atoms with Crippen LogP contribution in [0.5, 0.6) is 0 Å². The summed E-state index contributed by atoms with van der Waals surface area (Å²) in [6.45, 7) is 8.51. The van der Waals surface area contributed by atoms with E-state index in [0.717, 1.165) is 63.7 Å². The lowest BCUT2D eigenvalue weighted by atomic mass is 10.1. The number of hydrogen-bond acceptors (Lipinski definition) is 6. The zero-order chi connectivity index (χ0) is 17.9. The summed E-state index contributed by atoms with van der Waals surface area (Å²) in [6, 6.07) is 7.78. The molecule has 0 radical (unpaired) electrons. The summed E-state index contributed by atoms with van der Waals surface area (Å²) in [4.78, 5) is 23.1. The van der Waals surface area contributed by atoms with Crippen LogP contribution in [-0.4, -0.2) is 55.2 Å². The maximum atomic E-state index is 12.5. The lowest BCUT2D eigenvalue weighted by molar-refractivity contribution is 0.102. The van der Waals surface area contributed by atoms with E-state index in [1.807, 2.05) is 24.3 Å². The Kier molecular flexibility index (Phi) is 5.19. The van der Waals surface area contributed by atoms with Crippen LogP contribution in [0.25, 0.3) is 0 Å². The molecule has 0 bridgehead atoms. The van der Waals surface area contributed by atoms with Crippen molar-refractivity contribution in [3.63, 3.8) is 0 Å². The fourth-order valence-electron chi connectivity index (χ4n) is 3.39. The van der Waals surface area contributed by atoms with Crippen LogP contribution in [0.2, 0.25) is 0 Å². The van der Waals surface area contributed by atoms with Crippen molar-refractivity contribution in [2.75, 3.05) is 49.6 Å². The van der Waals surface area contributed by atoms with Gasteiger partial charge in [-0.1, -0.05) is 6.92 Å². The molecule has 7 heteroatoms. The number of nitrogens with zero attached hydrogens (tertiary/aromatic N) is 3. The Hall–Kier alpha value is -1.96. The van der Waals surface area contributed by atoms with Gasteiger partial charge in [0.25, 0.3) is 5.91 Å². The summed E-state index contributed by atoms with van der Waals surface area (Å²) in [5.41, 5.74) is 2.93. The van der Waals surface area contributed by atoms with E-state index in [4.69, 9.17) is 4.74 Å². The van der Waals surface area contributed by atoms with Gasteiger partial charge in [0.05, 0.1) is 18.9 Å². The number of morpholine rings is 1. The summed E-state index contributed by atoms with van der Waals surface area (Å²) >= 11 is 1.60. The van der Waals surface area contributed by atoms with Gasteiger partial charge in [-0.25, -0.2) is 4.98 Å². The number of carbonyl (C=O) groups is 1. The number of ether oxygens (including phenoxy) is 1. The Morgan fingerprint density at radius 1 is 1.23 bits per heavy atom. The van der Waals surface area contributed by atoms with E-state index in [2.05, 4.69) is 27.0 Å². The number of carbonyl (C=O) groups excluding carboxylic acids is 1. The van der Waals surface area contributed by atoms with Crippen LogP contribution in [-0.2, 0) is 17.7 Å². The number of aromatic nitrogens is 1. The highest BCUT2D eigenvalue weighted by Gasteiger charge is 2.20. The van der Waals surface area contributed by atoms with E-state index in [1.54, 1.807) is 11.3 Å². The minimum absolute atomic E-state index is 0.100. The van der Waals surface area contributed by atoms with E-state index < -0.39 is 0 Å². The fourth-order valence-corrected chi connectivity index (χ4v) is 4.43. The number of thiazole rings is 1. The normalized spacial score (nSPS) is 17.8. The second-order valence-electron chi connectivity index (χ2n) is 6.61. The highest BCUT2D eigenvalue weighted by Crippen LogP contribution is 2.28. The zero-order valence-electron chi connectivity index (χ0n) is 15.0. The third-order valence-corrected chi connectivity index (χ3v) is 5.98. The molecule has 6 nitrogen and oxygen atoms in total. The molecule has 0 atom stereocenters. The van der Waals surface area contributed by atoms with Gasteiger partial charge in [0.2, 0.25) is 0 Å². The maximum Gasteiger partial charge on any atom is 0.257 e. The van der Waals surface area contributed by atoms with Gasteiger partial charge < -0.3 is 9.64 Å². The second kappa shape index (κ2) is 7.73. The molecule has 138 valence electrons. The van der Waals surface area contributed by atoms with Crippen molar-refractivity contribution >= 4 is 28.1 Å². The number of fused-ring (bicyclic) bond motifs is 1. The van der Waals surface area contributed by atoms with Gasteiger partial charge in [0.1, 0.15) is 0 Å². The molecule has 0 aliphatic carbocycles. The summed E-state index contributed by atoms with van der Waals surface area (Å²) in [6.07, 6.45) is 0.962. The first-order valence-corrected chi connectivity index (χ1v) is 9.99. The summed E-state index contributed by atoms with van der Waals surface area (Å²) in [7, 11) is 0.